The Balaban J connectivity index is 2.58. The predicted octanol–water partition coefficient (Wildman–Crippen LogP) is 2.28. The van der Waals surface area contributed by atoms with Crippen LogP contribution in [0.4, 0.5) is 0 Å². The second-order valence-electron chi connectivity index (χ2n) is 3.55. The van der Waals surface area contributed by atoms with Crippen LogP contribution in [0.3, 0.4) is 0 Å². The van der Waals surface area contributed by atoms with Crippen LogP contribution in [0.15, 0.2) is 24.3 Å². The van der Waals surface area contributed by atoms with E-state index in [9.17, 15) is 4.79 Å². The minimum absolute atomic E-state index is 0.281. The number of ether oxygens (including phenoxy) is 1. The highest BCUT2D eigenvalue weighted by Crippen LogP contribution is 2.23. The number of rotatable bonds is 3. The third-order valence-corrected chi connectivity index (χ3v) is 2.54. The molecule has 0 radical (unpaired) electrons. The highest BCUT2D eigenvalue weighted by Gasteiger charge is 2.11. The molecule has 0 aliphatic carbocycles. The molecule has 4 heteroatoms. The second kappa shape index (κ2) is 3.89. The number of fused-ring (bicyclic) bond motifs is 1. The van der Waals surface area contributed by atoms with Gasteiger partial charge in [0.1, 0.15) is 11.4 Å². The summed E-state index contributed by atoms with van der Waals surface area (Å²) in [6.45, 7) is 2.52. The van der Waals surface area contributed by atoms with Crippen molar-refractivity contribution in [3.8, 4) is 5.75 Å². The zero-order chi connectivity index (χ0) is 11.7. The summed E-state index contributed by atoms with van der Waals surface area (Å²) in [5, 5.41) is 9.87. The van der Waals surface area contributed by atoms with Crippen LogP contribution >= 0.6 is 0 Å². The molecule has 2 rings (SSSR count). The Morgan fingerprint density at radius 2 is 2.19 bits per heavy atom. The number of hydrogen-bond donors (Lipinski definition) is 1. The van der Waals surface area contributed by atoms with Gasteiger partial charge in [-0.1, -0.05) is 0 Å². The molecule has 0 fully saturated rings. The van der Waals surface area contributed by atoms with Crippen LogP contribution in [-0.4, -0.2) is 22.2 Å². The van der Waals surface area contributed by atoms with Gasteiger partial charge in [-0.3, -0.25) is 0 Å². The SMILES string of the molecule is CCOc1ccc2c(c1)cc(C(=O)O)n2C. The topological polar surface area (TPSA) is 51.5 Å². The standard InChI is InChI=1S/C12H13NO3/c1-3-16-9-4-5-10-8(6-9)7-11(12(14)15)13(10)2/h4-7H,3H2,1-2H3,(H,14,15). The Kier molecular flexibility index (Phi) is 2.56. The summed E-state index contributed by atoms with van der Waals surface area (Å²) in [7, 11) is 1.74. The first-order valence-electron chi connectivity index (χ1n) is 5.09. The normalized spacial score (nSPS) is 10.6. The summed E-state index contributed by atoms with van der Waals surface area (Å²) < 4.78 is 7.03. The highest BCUT2D eigenvalue weighted by atomic mass is 16.5. The number of benzene rings is 1. The van der Waals surface area contributed by atoms with Crippen LogP contribution in [0.25, 0.3) is 10.9 Å². The molecule has 16 heavy (non-hydrogen) atoms. The third kappa shape index (κ3) is 1.62. The van der Waals surface area contributed by atoms with E-state index < -0.39 is 5.97 Å². The molecule has 1 heterocycles. The lowest BCUT2D eigenvalue weighted by atomic mass is 10.2. The lowest BCUT2D eigenvalue weighted by molar-refractivity contribution is 0.0687. The number of hydrogen-bond acceptors (Lipinski definition) is 2. The summed E-state index contributed by atoms with van der Waals surface area (Å²) in [5.74, 6) is -0.158. The lowest BCUT2D eigenvalue weighted by Gasteiger charge is -2.03. The van der Waals surface area contributed by atoms with E-state index >= 15 is 0 Å². The molecule has 0 spiro atoms. The van der Waals surface area contributed by atoms with E-state index in [4.69, 9.17) is 9.84 Å². The molecule has 0 saturated carbocycles. The van der Waals surface area contributed by atoms with Gasteiger partial charge in [0, 0.05) is 18.0 Å². The number of carbonyl (C=O) groups is 1. The molecule has 0 unspecified atom stereocenters. The monoisotopic (exact) mass is 219 g/mol. The first-order chi connectivity index (χ1) is 7.63. The van der Waals surface area contributed by atoms with Gasteiger partial charge in [0.25, 0.3) is 0 Å². The van der Waals surface area contributed by atoms with Crippen molar-refractivity contribution >= 4 is 16.9 Å². The second-order valence-corrected chi connectivity index (χ2v) is 3.55. The zero-order valence-corrected chi connectivity index (χ0v) is 9.23. The maximum atomic E-state index is 10.9. The largest absolute Gasteiger partial charge is 0.494 e. The Hall–Kier alpha value is -1.97. The Labute approximate surface area is 93.1 Å². The van der Waals surface area contributed by atoms with Crippen LogP contribution in [0, 0.1) is 0 Å². The Morgan fingerprint density at radius 3 is 2.81 bits per heavy atom. The average molecular weight is 219 g/mol. The quantitative estimate of drug-likeness (QED) is 0.861. The Morgan fingerprint density at radius 1 is 1.44 bits per heavy atom. The lowest BCUT2D eigenvalue weighted by Crippen LogP contribution is -2.03. The smallest absolute Gasteiger partial charge is 0.352 e. The molecule has 4 nitrogen and oxygen atoms in total. The summed E-state index contributed by atoms with van der Waals surface area (Å²) in [6.07, 6.45) is 0. The number of nitrogens with zero attached hydrogens (tertiary/aromatic N) is 1. The number of aryl methyl sites for hydroxylation is 1. The van der Waals surface area contributed by atoms with Crippen molar-refractivity contribution in [2.75, 3.05) is 6.61 Å². The van der Waals surface area contributed by atoms with Crippen LogP contribution < -0.4 is 4.74 Å². The van der Waals surface area contributed by atoms with Crippen molar-refractivity contribution in [1.29, 1.82) is 0 Å². The molecule has 2 aromatic rings. The molecular formula is C12H13NO3. The first kappa shape index (κ1) is 10.5. The van der Waals surface area contributed by atoms with Gasteiger partial charge in [-0.15, -0.1) is 0 Å². The van der Waals surface area contributed by atoms with Gasteiger partial charge in [-0.05, 0) is 31.2 Å². The minimum atomic E-state index is -0.920. The van der Waals surface area contributed by atoms with Crippen molar-refractivity contribution < 1.29 is 14.6 Å². The summed E-state index contributed by atoms with van der Waals surface area (Å²) in [4.78, 5) is 10.9. The van der Waals surface area contributed by atoms with E-state index in [1.54, 1.807) is 17.7 Å². The number of aromatic nitrogens is 1. The van der Waals surface area contributed by atoms with Crippen LogP contribution in [-0.2, 0) is 7.05 Å². The number of carboxylic acid groups (broad SMARTS) is 1. The van der Waals surface area contributed by atoms with Gasteiger partial charge in [0.05, 0.1) is 6.61 Å². The van der Waals surface area contributed by atoms with Crippen molar-refractivity contribution in [1.82, 2.24) is 4.57 Å². The van der Waals surface area contributed by atoms with E-state index in [1.165, 1.54) is 0 Å². The summed E-state index contributed by atoms with van der Waals surface area (Å²) in [6, 6.07) is 7.22. The first-order valence-corrected chi connectivity index (χ1v) is 5.09. The van der Waals surface area contributed by atoms with Gasteiger partial charge in [0.2, 0.25) is 0 Å². The molecule has 1 N–H and O–H groups in total. The van der Waals surface area contributed by atoms with E-state index in [0.717, 1.165) is 16.7 Å². The highest BCUT2D eigenvalue weighted by molar-refractivity contribution is 5.94. The molecule has 0 bridgehead atoms. The van der Waals surface area contributed by atoms with Crippen LogP contribution in [0.2, 0.25) is 0 Å². The third-order valence-electron chi connectivity index (χ3n) is 2.54. The van der Waals surface area contributed by atoms with Crippen molar-refractivity contribution in [3.05, 3.63) is 30.0 Å². The fraction of sp³-hybridized carbons (Fsp3) is 0.250. The van der Waals surface area contributed by atoms with Crippen LogP contribution in [0.5, 0.6) is 5.75 Å². The van der Waals surface area contributed by atoms with Crippen molar-refractivity contribution in [3.63, 3.8) is 0 Å². The fourth-order valence-corrected chi connectivity index (χ4v) is 1.79. The van der Waals surface area contributed by atoms with E-state index in [2.05, 4.69) is 0 Å². The molecule has 0 aliphatic rings. The van der Waals surface area contributed by atoms with Crippen molar-refractivity contribution in [2.24, 2.45) is 7.05 Å². The molecular weight excluding hydrogens is 206 g/mol. The van der Waals surface area contributed by atoms with Gasteiger partial charge < -0.3 is 14.4 Å². The zero-order valence-electron chi connectivity index (χ0n) is 9.23. The molecule has 0 amide bonds. The van der Waals surface area contributed by atoms with E-state index in [-0.39, 0.29) is 5.69 Å². The molecule has 84 valence electrons. The fourth-order valence-electron chi connectivity index (χ4n) is 1.79. The maximum Gasteiger partial charge on any atom is 0.352 e. The molecule has 1 aromatic carbocycles. The minimum Gasteiger partial charge on any atom is -0.494 e. The molecule has 1 aromatic heterocycles. The van der Waals surface area contributed by atoms with Crippen LogP contribution in [0.1, 0.15) is 17.4 Å². The number of aromatic carboxylic acids is 1. The Bertz CT molecular complexity index is 542. The average Bonchev–Trinajstić information content (AvgIpc) is 2.56. The summed E-state index contributed by atoms with van der Waals surface area (Å²) in [5.41, 5.74) is 1.17. The molecule has 0 aliphatic heterocycles. The maximum absolute atomic E-state index is 10.9. The van der Waals surface area contributed by atoms with Crippen molar-refractivity contribution in [2.45, 2.75) is 6.92 Å². The van der Waals surface area contributed by atoms with Gasteiger partial charge >= 0.3 is 5.97 Å². The molecule has 0 atom stereocenters. The predicted molar refractivity (Wildman–Crippen MR) is 61.0 cm³/mol. The summed E-state index contributed by atoms with van der Waals surface area (Å²) >= 11 is 0. The van der Waals surface area contributed by atoms with Gasteiger partial charge in [-0.25, -0.2) is 4.79 Å². The molecule has 0 saturated heterocycles. The van der Waals surface area contributed by atoms with Gasteiger partial charge in [-0.2, -0.15) is 0 Å². The van der Waals surface area contributed by atoms with Gasteiger partial charge in [0.15, 0.2) is 0 Å². The van der Waals surface area contributed by atoms with E-state index in [0.29, 0.717) is 6.61 Å². The number of carboxylic acids is 1. The van der Waals surface area contributed by atoms with E-state index in [1.807, 2.05) is 25.1 Å².